The number of phosphoric acid groups is 1. The molecule has 29 nitrogen and oxygen atoms in total. The van der Waals surface area contributed by atoms with Gasteiger partial charge in [0.1, 0.15) is 18.3 Å². The molecule has 7 amide bonds. The number of hydrogen-bond donors (Lipinski definition) is 10. The second-order valence-corrected chi connectivity index (χ2v) is 28.8. The fourth-order valence-electron chi connectivity index (χ4n) is 15.3. The molecule has 0 spiro atoms. The first-order chi connectivity index (χ1) is 43.6. The molecule has 7 heterocycles. The molecule has 95 heavy (non-hydrogen) atoms. The van der Waals surface area contributed by atoms with Crippen LogP contribution in [-0.2, 0) is 73.5 Å². The molecule has 2 unspecified atom stereocenters. The Morgan fingerprint density at radius 1 is 0.789 bits per heavy atom. The van der Waals surface area contributed by atoms with Gasteiger partial charge in [0.05, 0.1) is 41.3 Å². The van der Waals surface area contributed by atoms with E-state index in [9.17, 15) is 53.2 Å². The van der Waals surface area contributed by atoms with Gasteiger partial charge in [0.2, 0.25) is 41.4 Å². The Hall–Kier alpha value is -7.02. The van der Waals surface area contributed by atoms with Gasteiger partial charge in [-0.05, 0) is 119 Å². The van der Waals surface area contributed by atoms with Gasteiger partial charge in [-0.3, -0.25) is 57.9 Å². The summed E-state index contributed by atoms with van der Waals surface area (Å²) in [5.74, 6) is -8.24. The molecule has 8 rings (SSSR count). The SMILES string of the molecule is C/C1=C2/[N-][C@H]([C@H](CC(N)=O)[C@@]2(C)CCC(=O)NCC(C)OP(=O)([O-])O[C@H]2[C@@H](O)[C@@H](n3cnc4cc(C)c(C)cc43)O[C@@H]2CO)[C@]2(C)N=C(/C(C)=C3N=C(/C=C4N=C1[C@@H](CCC(N)=O)C\4(C)C)[C@@H](CCC(N)=O)[C@]\3(C)CC(N)=O)[C@@H](CCC(N)=O)[C@]2(C)CC(N)=O.CC(=O)O.[Co]. The van der Waals surface area contributed by atoms with Crippen LogP contribution in [-0.4, -0.2) is 138 Å². The molecule has 0 saturated carbocycles. The Kier molecular flexibility index (Phi) is 23.8. The number of nitrogens with two attached hydrogens (primary N) is 6. The normalized spacial score (nSPS) is 32.7. The number of nitrogens with zero attached hydrogens (tertiary/aromatic N) is 6. The minimum absolute atomic E-state index is 0. The molecule has 6 aliphatic rings. The van der Waals surface area contributed by atoms with E-state index in [0.29, 0.717) is 56.4 Å². The number of aryl methyl sites for hydroxylation is 2. The number of benzene rings is 1. The molecule has 0 aliphatic carbocycles. The predicted molar refractivity (Wildman–Crippen MR) is 345 cm³/mol. The van der Waals surface area contributed by atoms with Crippen molar-refractivity contribution in [2.75, 3.05) is 13.2 Å². The Bertz CT molecular complexity index is 3650. The van der Waals surface area contributed by atoms with E-state index in [4.69, 9.17) is 78.4 Å². The number of nitrogens with one attached hydrogen (secondary N) is 1. The Labute approximate surface area is 562 Å². The summed E-state index contributed by atoms with van der Waals surface area (Å²) in [5.41, 5.74) is 36.7. The van der Waals surface area contributed by atoms with E-state index >= 15 is 0 Å². The topological polar surface area (TPSA) is 502 Å². The van der Waals surface area contributed by atoms with Gasteiger partial charge in [-0.25, -0.2) is 4.98 Å². The van der Waals surface area contributed by atoms with Crippen molar-refractivity contribution in [1.29, 1.82) is 0 Å². The molecule has 1 aromatic carbocycles. The van der Waals surface area contributed by atoms with Crippen molar-refractivity contribution in [2.45, 2.75) is 196 Å². The van der Waals surface area contributed by atoms with Crippen LogP contribution >= 0.6 is 7.82 Å². The molecule has 15 atom stereocenters. The maximum Gasteiger partial charge on any atom is 0.300 e. The van der Waals surface area contributed by atoms with Crippen LogP contribution in [0.2, 0.25) is 0 Å². The Morgan fingerprint density at radius 2 is 1.36 bits per heavy atom. The standard InChI is InChI=1S/C62H90N13O14P.C2H4O2.Co/c1-29-20-39-40(21-30(29)2)75(28-70-39)57-52(84)53(41(27-76)87-57)89-90(85,86)88-31(3)26-69-49(83)18-19-59(8)37(22-46(66)80)56-62(11)61(10,25-48(68)82)36(14-17-45(65)79)51(74-62)33(5)55-60(9,24-47(67)81)34(12-15-43(63)77)38(71-55)23-42-58(6,7)35(13-16-44(64)78)50(72-42)32(4)54(59)73-56;1-2(3)4;/h20-21,23,28,31,34-37,41,52-53,56-57,76,84H,12-19,22,24-27H2,1-11H3,(H15,63,64,65,66,67,68,69,71,72,73,74,77,78,79,80,81,82,83,85,86);1H3,(H,3,4);/p-2/t31?,34-,35-,36-,37+,41-,52-,53-,56-,57+,59-,60+,61+,62+;;/m1../s1. The number of amides is 7. The van der Waals surface area contributed by atoms with Gasteiger partial charge in [0, 0.05) is 132 Å². The van der Waals surface area contributed by atoms with Gasteiger partial charge in [-0.15, -0.1) is 0 Å². The fourth-order valence-corrected chi connectivity index (χ4v) is 16.4. The zero-order valence-corrected chi connectivity index (χ0v) is 57.8. The average Bonchev–Trinajstić information content (AvgIpc) is 1.53. The molecule has 16 N–H and O–H groups in total. The maximum atomic E-state index is 14.4. The number of hydrogen-bond acceptors (Lipinski definition) is 19. The van der Waals surface area contributed by atoms with Crippen molar-refractivity contribution < 1.29 is 93.7 Å². The van der Waals surface area contributed by atoms with Crippen LogP contribution in [0.1, 0.15) is 157 Å². The van der Waals surface area contributed by atoms with Crippen LogP contribution < -0.4 is 44.6 Å². The number of imidazole rings is 1. The third-order valence-electron chi connectivity index (χ3n) is 20.5. The van der Waals surface area contributed by atoms with E-state index in [2.05, 4.69) is 10.3 Å². The molecular weight excluding hydrogens is 1300 g/mol. The van der Waals surface area contributed by atoms with Gasteiger partial charge in [-0.1, -0.05) is 40.7 Å². The summed E-state index contributed by atoms with van der Waals surface area (Å²) >= 11 is 0. The first kappa shape index (κ1) is 77.0. The number of aliphatic hydroxyl groups is 2. The van der Waals surface area contributed by atoms with Crippen LogP contribution in [0, 0.1) is 59.2 Å². The number of primary amides is 6. The molecule has 31 heteroatoms. The fraction of sp³-hybridized carbons (Fsp3) is 0.625. The summed E-state index contributed by atoms with van der Waals surface area (Å²) < 4.78 is 31.9. The molecule has 6 aliphatic heterocycles. The van der Waals surface area contributed by atoms with Crippen molar-refractivity contribution in [3.8, 4) is 0 Å². The van der Waals surface area contributed by atoms with Crippen molar-refractivity contribution >= 4 is 83.3 Å². The zero-order chi connectivity index (χ0) is 70.3. The van der Waals surface area contributed by atoms with Crippen LogP contribution in [0.5, 0.6) is 0 Å². The second-order valence-electron chi connectivity index (χ2n) is 27.5. The number of carboxylic acids is 1. The summed E-state index contributed by atoms with van der Waals surface area (Å²) in [6, 6.07) is 2.65. The maximum absolute atomic E-state index is 14.4. The molecule has 525 valence electrons. The quantitative estimate of drug-likeness (QED) is 0.0603. The van der Waals surface area contributed by atoms with Crippen molar-refractivity contribution in [2.24, 2.45) is 94.7 Å². The number of allylic oxidation sites excluding steroid dienone is 6. The van der Waals surface area contributed by atoms with Gasteiger partial charge in [0.15, 0.2) is 6.23 Å². The van der Waals surface area contributed by atoms with Gasteiger partial charge in [-0.2, -0.15) is 5.70 Å². The van der Waals surface area contributed by atoms with E-state index in [1.807, 2.05) is 80.5 Å². The monoisotopic (exact) mass is 1390 g/mol. The number of rotatable bonds is 26. The van der Waals surface area contributed by atoms with Crippen LogP contribution in [0.25, 0.3) is 16.4 Å². The van der Waals surface area contributed by atoms with Crippen molar-refractivity contribution in [3.05, 3.63) is 69.2 Å². The van der Waals surface area contributed by atoms with E-state index in [0.717, 1.165) is 18.1 Å². The molecule has 2 saturated heterocycles. The summed E-state index contributed by atoms with van der Waals surface area (Å²) in [6.07, 6.45) is -4.79. The number of aliphatic hydroxyl groups excluding tert-OH is 2. The number of ether oxygens (including phenoxy) is 1. The number of carbonyl (C=O) groups excluding carboxylic acids is 7. The number of fused-ring (bicyclic) bond motifs is 7. The van der Waals surface area contributed by atoms with E-state index in [1.165, 1.54) is 17.8 Å². The first-order valence-electron chi connectivity index (χ1n) is 31.4. The Balaban J connectivity index is 0.00000278. The van der Waals surface area contributed by atoms with Gasteiger partial charge in [0.25, 0.3) is 13.8 Å². The predicted octanol–water partition coefficient (Wildman–Crippen LogP) is 3.40. The molecule has 1 radical (unpaired) electrons. The van der Waals surface area contributed by atoms with Crippen LogP contribution in [0.15, 0.2) is 67.8 Å². The molecule has 2 aromatic rings. The van der Waals surface area contributed by atoms with Crippen LogP contribution in [0.3, 0.4) is 0 Å². The van der Waals surface area contributed by atoms with Gasteiger partial charge >= 0.3 is 0 Å². The zero-order valence-electron chi connectivity index (χ0n) is 55.9. The Morgan fingerprint density at radius 3 is 1.92 bits per heavy atom. The van der Waals surface area contributed by atoms with Crippen LogP contribution in [0.4, 0.5) is 0 Å². The smallest absolute Gasteiger partial charge is 0.300 e. The first-order valence-corrected chi connectivity index (χ1v) is 32.9. The molecule has 8 bridgehead atoms. The summed E-state index contributed by atoms with van der Waals surface area (Å²) in [7, 11) is -5.32. The minimum atomic E-state index is -5.32. The summed E-state index contributed by atoms with van der Waals surface area (Å²) in [4.78, 5) is 137. The van der Waals surface area contributed by atoms with E-state index in [1.54, 1.807) is 6.92 Å². The summed E-state index contributed by atoms with van der Waals surface area (Å²) in [5, 5.41) is 37.5. The summed E-state index contributed by atoms with van der Waals surface area (Å²) in [6.45, 7) is 20.0. The minimum Gasteiger partial charge on any atom is -0.756 e. The third-order valence-corrected chi connectivity index (χ3v) is 21.6. The average molecular weight is 1390 g/mol. The third kappa shape index (κ3) is 15.7. The molecule has 1 aromatic heterocycles. The van der Waals surface area contributed by atoms with E-state index in [-0.39, 0.29) is 94.0 Å². The molecule has 2 fully saturated rings. The number of aliphatic carboxylic acids is 1. The number of aromatic nitrogens is 2. The largest absolute Gasteiger partial charge is 0.756 e. The molecular formula is C64H92CoN13O16P-2. The van der Waals surface area contributed by atoms with Crippen molar-refractivity contribution in [3.63, 3.8) is 0 Å². The number of carboxylic acid groups (broad SMARTS) is 1. The number of aliphatic imine (C=N–C) groups is 3. The van der Waals surface area contributed by atoms with E-state index < -0.39 is 149 Å². The second kappa shape index (κ2) is 29.4. The number of carbonyl (C=O) groups is 8. The van der Waals surface area contributed by atoms with Crippen molar-refractivity contribution in [1.82, 2.24) is 14.9 Å². The van der Waals surface area contributed by atoms with Gasteiger partial charge < -0.3 is 83.6 Å². The number of phosphoric ester groups is 1.